The lowest BCUT2D eigenvalue weighted by atomic mass is 10.1. The Hall–Kier alpha value is -1.20. The van der Waals surface area contributed by atoms with E-state index in [0.717, 1.165) is 5.56 Å². The number of primary amides is 1. The number of hydrogen-bond acceptors (Lipinski definition) is 3. The molecule has 1 amide bonds. The van der Waals surface area contributed by atoms with E-state index in [2.05, 4.69) is 0 Å². The van der Waals surface area contributed by atoms with E-state index in [0.29, 0.717) is 17.9 Å². The number of carbonyl (C=O) groups is 1. The zero-order valence-corrected chi connectivity index (χ0v) is 10.00. The van der Waals surface area contributed by atoms with Crippen LogP contribution >= 0.6 is 0 Å². The average molecular weight is 240 g/mol. The molecule has 0 saturated heterocycles. The van der Waals surface area contributed by atoms with E-state index in [1.165, 1.54) is 0 Å². The van der Waals surface area contributed by atoms with Crippen LogP contribution in [0.4, 0.5) is 0 Å². The molecule has 0 aliphatic carbocycles. The zero-order valence-electron chi connectivity index (χ0n) is 9.18. The van der Waals surface area contributed by atoms with Crippen LogP contribution in [0.2, 0.25) is 0 Å². The second-order valence-corrected chi connectivity index (χ2v) is 5.49. The van der Waals surface area contributed by atoms with Gasteiger partial charge in [-0.25, -0.2) is 0 Å². The average Bonchev–Trinajstić information content (AvgIpc) is 2.28. The molecule has 2 atom stereocenters. The molecular formula is C11H16N2O2S. The van der Waals surface area contributed by atoms with Crippen molar-refractivity contribution in [2.24, 2.45) is 11.5 Å². The van der Waals surface area contributed by atoms with Crippen molar-refractivity contribution in [3.05, 3.63) is 35.4 Å². The fourth-order valence-corrected chi connectivity index (χ4v) is 2.24. The topological polar surface area (TPSA) is 86.2 Å². The number of hydrogen-bond donors (Lipinski definition) is 2. The summed E-state index contributed by atoms with van der Waals surface area (Å²) in [6.07, 6.45) is 0. The van der Waals surface area contributed by atoms with Gasteiger partial charge in [-0.3, -0.25) is 9.00 Å². The van der Waals surface area contributed by atoms with E-state index in [-0.39, 0.29) is 5.25 Å². The molecule has 1 aromatic carbocycles. The molecule has 88 valence electrons. The third-order valence-electron chi connectivity index (χ3n) is 2.30. The summed E-state index contributed by atoms with van der Waals surface area (Å²) in [5.41, 5.74) is 11.9. The minimum atomic E-state index is -1.01. The Kier molecular flexibility index (Phi) is 4.64. The molecule has 0 saturated carbocycles. The van der Waals surface area contributed by atoms with Crippen molar-refractivity contribution in [1.29, 1.82) is 0 Å². The Morgan fingerprint density at radius 3 is 2.75 bits per heavy atom. The van der Waals surface area contributed by atoms with Gasteiger partial charge in [-0.1, -0.05) is 12.1 Å². The highest BCUT2D eigenvalue weighted by Crippen LogP contribution is 2.09. The van der Waals surface area contributed by atoms with Crippen LogP contribution < -0.4 is 11.5 Å². The molecule has 0 aromatic heterocycles. The molecule has 5 heteroatoms. The third-order valence-corrected chi connectivity index (χ3v) is 4.01. The predicted octanol–water partition coefficient (Wildman–Crippen LogP) is 0.381. The molecule has 4 nitrogen and oxygen atoms in total. The van der Waals surface area contributed by atoms with E-state index >= 15 is 0 Å². The van der Waals surface area contributed by atoms with Gasteiger partial charge in [0.2, 0.25) is 5.91 Å². The maximum Gasteiger partial charge on any atom is 0.248 e. The quantitative estimate of drug-likeness (QED) is 0.780. The summed E-state index contributed by atoms with van der Waals surface area (Å²) in [5.74, 6) is -0.0704. The Morgan fingerprint density at radius 2 is 2.19 bits per heavy atom. The van der Waals surface area contributed by atoms with Gasteiger partial charge in [0, 0.05) is 33.9 Å². The van der Waals surface area contributed by atoms with Crippen molar-refractivity contribution < 1.29 is 9.00 Å². The molecular weight excluding hydrogens is 224 g/mol. The van der Waals surface area contributed by atoms with Gasteiger partial charge in [-0.2, -0.15) is 0 Å². The van der Waals surface area contributed by atoms with E-state index in [1.807, 2.05) is 13.0 Å². The van der Waals surface area contributed by atoms with E-state index < -0.39 is 16.7 Å². The summed E-state index contributed by atoms with van der Waals surface area (Å²) < 4.78 is 11.7. The van der Waals surface area contributed by atoms with Gasteiger partial charge in [0.15, 0.2) is 0 Å². The van der Waals surface area contributed by atoms with Crippen molar-refractivity contribution in [3.8, 4) is 0 Å². The highest BCUT2D eigenvalue weighted by molar-refractivity contribution is 7.84. The largest absolute Gasteiger partial charge is 0.366 e. The molecule has 0 fully saturated rings. The first-order chi connectivity index (χ1) is 7.54. The number of amides is 1. The molecule has 0 heterocycles. The van der Waals surface area contributed by atoms with Crippen LogP contribution in [-0.4, -0.2) is 21.9 Å². The first-order valence-electron chi connectivity index (χ1n) is 5.00. The lowest BCUT2D eigenvalue weighted by molar-refractivity contribution is 0.1000. The zero-order chi connectivity index (χ0) is 12.1. The summed E-state index contributed by atoms with van der Waals surface area (Å²) in [4.78, 5) is 11.0. The van der Waals surface area contributed by atoms with Crippen molar-refractivity contribution in [3.63, 3.8) is 0 Å². The second kappa shape index (κ2) is 5.77. The fourth-order valence-electron chi connectivity index (χ4n) is 1.23. The van der Waals surface area contributed by atoms with E-state index in [9.17, 15) is 9.00 Å². The summed E-state index contributed by atoms with van der Waals surface area (Å²) in [6, 6.07) is 6.87. The highest BCUT2D eigenvalue weighted by Gasteiger charge is 2.10. The minimum absolute atomic E-state index is 0.0442. The van der Waals surface area contributed by atoms with Gasteiger partial charge in [-0.15, -0.1) is 0 Å². The SMILES string of the molecule is CC(CN)S(=O)Cc1cccc(C(N)=O)c1. The van der Waals surface area contributed by atoms with Crippen LogP contribution in [0.5, 0.6) is 0 Å². The number of carbonyl (C=O) groups excluding carboxylic acids is 1. The molecule has 2 unspecified atom stereocenters. The predicted molar refractivity (Wildman–Crippen MR) is 65.3 cm³/mol. The van der Waals surface area contributed by atoms with Gasteiger partial charge in [0.05, 0.1) is 0 Å². The van der Waals surface area contributed by atoms with Crippen LogP contribution in [0.3, 0.4) is 0 Å². The monoisotopic (exact) mass is 240 g/mol. The first-order valence-corrected chi connectivity index (χ1v) is 6.38. The molecule has 0 radical (unpaired) electrons. The fraction of sp³-hybridized carbons (Fsp3) is 0.364. The summed E-state index contributed by atoms with van der Waals surface area (Å²) in [6.45, 7) is 2.23. The summed E-state index contributed by atoms with van der Waals surface area (Å²) in [5, 5.41) is -0.0442. The van der Waals surface area contributed by atoms with Crippen LogP contribution in [0.1, 0.15) is 22.8 Å². The maximum atomic E-state index is 11.7. The minimum Gasteiger partial charge on any atom is -0.366 e. The van der Waals surface area contributed by atoms with E-state index in [4.69, 9.17) is 11.5 Å². The van der Waals surface area contributed by atoms with Gasteiger partial charge >= 0.3 is 0 Å². The van der Waals surface area contributed by atoms with Gasteiger partial charge in [0.25, 0.3) is 0 Å². The van der Waals surface area contributed by atoms with Crippen LogP contribution in [0, 0.1) is 0 Å². The normalized spacial score (nSPS) is 14.4. The Bertz CT molecular complexity index is 407. The number of benzene rings is 1. The molecule has 1 rings (SSSR count). The maximum absolute atomic E-state index is 11.7. The Labute approximate surface area is 97.5 Å². The molecule has 0 aliphatic heterocycles. The Morgan fingerprint density at radius 1 is 1.50 bits per heavy atom. The second-order valence-electron chi connectivity index (χ2n) is 3.64. The van der Waals surface area contributed by atoms with Crippen LogP contribution in [0.25, 0.3) is 0 Å². The van der Waals surface area contributed by atoms with Gasteiger partial charge in [-0.05, 0) is 24.6 Å². The standard InChI is InChI=1S/C11H16N2O2S/c1-8(6-12)16(15)7-9-3-2-4-10(5-9)11(13)14/h2-5,8H,6-7,12H2,1H3,(H2,13,14). The van der Waals surface area contributed by atoms with Gasteiger partial charge < -0.3 is 11.5 Å². The van der Waals surface area contributed by atoms with Crippen LogP contribution in [0.15, 0.2) is 24.3 Å². The lowest BCUT2D eigenvalue weighted by Gasteiger charge is -2.08. The number of rotatable bonds is 5. The van der Waals surface area contributed by atoms with E-state index in [1.54, 1.807) is 18.2 Å². The third kappa shape index (κ3) is 3.43. The summed E-state index contributed by atoms with van der Waals surface area (Å²) >= 11 is 0. The highest BCUT2D eigenvalue weighted by atomic mass is 32.2. The molecule has 0 bridgehead atoms. The molecule has 4 N–H and O–H groups in total. The Balaban J connectivity index is 2.78. The molecule has 16 heavy (non-hydrogen) atoms. The van der Waals surface area contributed by atoms with Crippen molar-refractivity contribution in [1.82, 2.24) is 0 Å². The molecule has 1 aromatic rings. The van der Waals surface area contributed by atoms with Crippen molar-refractivity contribution in [2.45, 2.75) is 17.9 Å². The van der Waals surface area contributed by atoms with Gasteiger partial charge in [0.1, 0.15) is 0 Å². The van der Waals surface area contributed by atoms with Crippen molar-refractivity contribution >= 4 is 16.7 Å². The molecule has 0 aliphatic rings. The number of nitrogens with two attached hydrogens (primary N) is 2. The lowest BCUT2D eigenvalue weighted by Crippen LogP contribution is -2.22. The first kappa shape index (κ1) is 12.9. The summed E-state index contributed by atoms with van der Waals surface area (Å²) in [7, 11) is -1.01. The van der Waals surface area contributed by atoms with Crippen LogP contribution in [-0.2, 0) is 16.6 Å². The molecule has 0 spiro atoms. The van der Waals surface area contributed by atoms with Crippen molar-refractivity contribution in [2.75, 3.05) is 6.54 Å². The smallest absolute Gasteiger partial charge is 0.248 e.